The molecule has 17 heavy (non-hydrogen) atoms. The van der Waals surface area contributed by atoms with Crippen molar-refractivity contribution >= 4 is 17.4 Å². The van der Waals surface area contributed by atoms with Crippen LogP contribution in [0.4, 0.5) is 5.82 Å². The highest BCUT2D eigenvalue weighted by Gasteiger charge is 2.15. The minimum absolute atomic E-state index is 0.723. The van der Waals surface area contributed by atoms with Crippen molar-refractivity contribution in [2.24, 2.45) is 0 Å². The van der Waals surface area contributed by atoms with Gasteiger partial charge in [-0.15, -0.1) is 9.90 Å². The van der Waals surface area contributed by atoms with E-state index in [9.17, 15) is 0 Å². The second-order valence-electron chi connectivity index (χ2n) is 4.16. The van der Waals surface area contributed by atoms with Gasteiger partial charge in [0.2, 0.25) is 0 Å². The molecule has 1 aliphatic rings. The largest absolute Gasteiger partial charge is 0.354 e. The Balaban J connectivity index is 1.86. The standard InChI is InChI=1S/C12H13ClN4/c13-10-3-5-11(6-4-10)17-14-9-12(15-17)16-7-1-2-8-16/h3-6,9H,1-2,7-8H2. The lowest BCUT2D eigenvalue weighted by Gasteiger charge is -2.11. The fourth-order valence-electron chi connectivity index (χ4n) is 2.04. The maximum atomic E-state index is 5.85. The van der Waals surface area contributed by atoms with E-state index in [-0.39, 0.29) is 0 Å². The van der Waals surface area contributed by atoms with Gasteiger partial charge in [0, 0.05) is 18.1 Å². The summed E-state index contributed by atoms with van der Waals surface area (Å²) >= 11 is 5.85. The van der Waals surface area contributed by atoms with E-state index in [0.29, 0.717) is 0 Å². The summed E-state index contributed by atoms with van der Waals surface area (Å²) in [5.41, 5.74) is 0.930. The van der Waals surface area contributed by atoms with E-state index in [1.807, 2.05) is 30.5 Å². The third-order valence-corrected chi connectivity index (χ3v) is 3.22. The van der Waals surface area contributed by atoms with Gasteiger partial charge in [0.15, 0.2) is 5.82 Å². The predicted octanol–water partition coefficient (Wildman–Crippen LogP) is 2.52. The molecule has 0 N–H and O–H groups in total. The van der Waals surface area contributed by atoms with Crippen LogP contribution < -0.4 is 4.90 Å². The molecule has 2 heterocycles. The van der Waals surface area contributed by atoms with Crippen LogP contribution in [0.3, 0.4) is 0 Å². The Kier molecular flexibility index (Phi) is 2.73. The average Bonchev–Trinajstić information content (AvgIpc) is 3.00. The SMILES string of the molecule is Clc1ccc(-n2ncc(N3CCCC3)n2)cc1. The molecular formula is C12H13ClN4. The summed E-state index contributed by atoms with van der Waals surface area (Å²) in [6.07, 6.45) is 4.31. The minimum Gasteiger partial charge on any atom is -0.354 e. The molecule has 4 nitrogen and oxygen atoms in total. The molecule has 1 aromatic heterocycles. The van der Waals surface area contributed by atoms with Crippen molar-refractivity contribution in [1.82, 2.24) is 15.0 Å². The summed E-state index contributed by atoms with van der Waals surface area (Å²) in [6, 6.07) is 7.51. The Bertz CT molecular complexity index is 499. The van der Waals surface area contributed by atoms with Crippen molar-refractivity contribution in [3.05, 3.63) is 35.5 Å². The number of halogens is 1. The third kappa shape index (κ3) is 2.13. The van der Waals surface area contributed by atoms with Crippen molar-refractivity contribution in [1.29, 1.82) is 0 Å². The number of aromatic nitrogens is 3. The van der Waals surface area contributed by atoms with Crippen LogP contribution in [0.25, 0.3) is 5.69 Å². The topological polar surface area (TPSA) is 34.0 Å². The van der Waals surface area contributed by atoms with Crippen LogP contribution in [-0.4, -0.2) is 28.1 Å². The molecule has 0 amide bonds. The summed E-state index contributed by atoms with van der Waals surface area (Å²) in [4.78, 5) is 3.91. The second kappa shape index (κ2) is 4.37. The monoisotopic (exact) mass is 248 g/mol. The maximum Gasteiger partial charge on any atom is 0.171 e. The van der Waals surface area contributed by atoms with E-state index in [1.165, 1.54) is 12.8 Å². The molecule has 1 saturated heterocycles. The normalized spacial score (nSPS) is 15.5. The number of benzene rings is 1. The van der Waals surface area contributed by atoms with Crippen molar-refractivity contribution in [2.75, 3.05) is 18.0 Å². The number of rotatable bonds is 2. The van der Waals surface area contributed by atoms with Crippen LogP contribution in [0.2, 0.25) is 5.02 Å². The minimum atomic E-state index is 0.723. The van der Waals surface area contributed by atoms with E-state index < -0.39 is 0 Å². The molecule has 1 aromatic carbocycles. The molecule has 3 rings (SSSR count). The van der Waals surface area contributed by atoms with E-state index in [1.54, 1.807) is 4.80 Å². The second-order valence-corrected chi connectivity index (χ2v) is 4.60. The number of anilines is 1. The Labute approximate surface area is 105 Å². The Morgan fingerprint density at radius 1 is 1.06 bits per heavy atom. The van der Waals surface area contributed by atoms with Crippen LogP contribution in [0.15, 0.2) is 30.5 Å². The van der Waals surface area contributed by atoms with Gasteiger partial charge in [-0.3, -0.25) is 0 Å². The first-order chi connectivity index (χ1) is 8.33. The molecule has 5 heteroatoms. The first kappa shape index (κ1) is 10.6. The van der Waals surface area contributed by atoms with Crippen LogP contribution in [0.1, 0.15) is 12.8 Å². The third-order valence-electron chi connectivity index (χ3n) is 2.97. The van der Waals surface area contributed by atoms with Gasteiger partial charge in [0.1, 0.15) is 0 Å². The van der Waals surface area contributed by atoms with Gasteiger partial charge in [-0.05, 0) is 37.1 Å². The highest BCUT2D eigenvalue weighted by molar-refractivity contribution is 6.30. The molecule has 0 atom stereocenters. The lowest BCUT2D eigenvalue weighted by molar-refractivity contribution is 0.745. The zero-order chi connectivity index (χ0) is 11.7. The van der Waals surface area contributed by atoms with Crippen LogP contribution in [0.5, 0.6) is 0 Å². The van der Waals surface area contributed by atoms with Gasteiger partial charge in [0.05, 0.1) is 11.9 Å². The van der Waals surface area contributed by atoms with E-state index in [4.69, 9.17) is 11.6 Å². The summed E-state index contributed by atoms with van der Waals surface area (Å²) in [5.74, 6) is 0.956. The van der Waals surface area contributed by atoms with Gasteiger partial charge in [-0.1, -0.05) is 11.6 Å². The lowest BCUT2D eigenvalue weighted by atomic mass is 10.3. The smallest absolute Gasteiger partial charge is 0.171 e. The molecule has 0 radical (unpaired) electrons. The van der Waals surface area contributed by atoms with Crippen molar-refractivity contribution in [3.8, 4) is 5.69 Å². The van der Waals surface area contributed by atoms with Gasteiger partial charge in [0.25, 0.3) is 0 Å². The molecule has 0 bridgehead atoms. The van der Waals surface area contributed by atoms with Gasteiger partial charge < -0.3 is 4.90 Å². The number of hydrogen-bond donors (Lipinski definition) is 0. The highest BCUT2D eigenvalue weighted by atomic mass is 35.5. The summed E-state index contributed by atoms with van der Waals surface area (Å²) in [6.45, 7) is 2.17. The van der Waals surface area contributed by atoms with Crippen molar-refractivity contribution in [2.45, 2.75) is 12.8 Å². The molecule has 0 spiro atoms. The highest BCUT2D eigenvalue weighted by Crippen LogP contribution is 2.18. The first-order valence-corrected chi connectivity index (χ1v) is 6.14. The Morgan fingerprint density at radius 2 is 1.76 bits per heavy atom. The predicted molar refractivity (Wildman–Crippen MR) is 67.8 cm³/mol. The summed E-state index contributed by atoms with van der Waals surface area (Å²) in [7, 11) is 0. The maximum absolute atomic E-state index is 5.85. The molecule has 0 saturated carbocycles. The molecular weight excluding hydrogens is 236 g/mol. The molecule has 88 valence electrons. The zero-order valence-electron chi connectivity index (χ0n) is 9.38. The van der Waals surface area contributed by atoms with Gasteiger partial charge in [-0.2, -0.15) is 5.10 Å². The average molecular weight is 249 g/mol. The molecule has 0 unspecified atom stereocenters. The van der Waals surface area contributed by atoms with Crippen LogP contribution >= 0.6 is 11.6 Å². The van der Waals surface area contributed by atoms with Gasteiger partial charge in [-0.25, -0.2) is 0 Å². The quantitative estimate of drug-likeness (QED) is 0.819. The van der Waals surface area contributed by atoms with E-state index in [0.717, 1.165) is 29.6 Å². The number of hydrogen-bond acceptors (Lipinski definition) is 3. The van der Waals surface area contributed by atoms with E-state index >= 15 is 0 Å². The molecule has 1 fully saturated rings. The lowest BCUT2D eigenvalue weighted by Crippen LogP contribution is -2.18. The van der Waals surface area contributed by atoms with E-state index in [2.05, 4.69) is 15.1 Å². The molecule has 0 aliphatic carbocycles. The summed E-state index contributed by atoms with van der Waals surface area (Å²) < 4.78 is 0. The van der Waals surface area contributed by atoms with Crippen LogP contribution in [0, 0.1) is 0 Å². The van der Waals surface area contributed by atoms with Gasteiger partial charge >= 0.3 is 0 Å². The Hall–Kier alpha value is -1.55. The number of nitrogens with zero attached hydrogens (tertiary/aromatic N) is 4. The van der Waals surface area contributed by atoms with Crippen molar-refractivity contribution < 1.29 is 0 Å². The fraction of sp³-hybridized carbons (Fsp3) is 0.333. The fourth-order valence-corrected chi connectivity index (χ4v) is 2.17. The first-order valence-electron chi connectivity index (χ1n) is 5.76. The summed E-state index contributed by atoms with van der Waals surface area (Å²) in [5, 5.41) is 9.48. The van der Waals surface area contributed by atoms with Crippen LogP contribution in [-0.2, 0) is 0 Å². The molecule has 1 aliphatic heterocycles. The molecule has 2 aromatic rings. The van der Waals surface area contributed by atoms with Crippen molar-refractivity contribution in [3.63, 3.8) is 0 Å². The Morgan fingerprint density at radius 3 is 2.47 bits per heavy atom. The zero-order valence-corrected chi connectivity index (χ0v) is 10.1.